The normalized spacial score (nSPS) is 23.6. The molecule has 0 spiro atoms. The summed E-state index contributed by atoms with van der Waals surface area (Å²) in [6, 6.07) is 0.418. The first-order valence-electron chi connectivity index (χ1n) is 5.56. The van der Waals surface area contributed by atoms with Crippen LogP contribution in [0.25, 0.3) is 11.2 Å². The summed E-state index contributed by atoms with van der Waals surface area (Å²) >= 11 is 0. The van der Waals surface area contributed by atoms with Crippen LogP contribution in [0, 0.1) is 12.8 Å². The van der Waals surface area contributed by atoms with Crippen molar-refractivity contribution >= 4 is 17.1 Å². The maximum atomic E-state index is 5.66. The Labute approximate surface area is 98.8 Å². The largest absolute Gasteiger partial charge is 0.479 e. The molecule has 1 aliphatic carbocycles. The Balaban J connectivity index is 2.11. The summed E-state index contributed by atoms with van der Waals surface area (Å²) in [5.74, 6) is 1.16. The fourth-order valence-electron chi connectivity index (χ4n) is 2.24. The van der Waals surface area contributed by atoms with Crippen molar-refractivity contribution in [2.45, 2.75) is 18.9 Å². The van der Waals surface area contributed by atoms with Gasteiger partial charge in [-0.1, -0.05) is 6.92 Å². The molecule has 1 aliphatic rings. The zero-order valence-electron chi connectivity index (χ0n) is 9.63. The van der Waals surface area contributed by atoms with Gasteiger partial charge >= 0.3 is 0 Å². The molecule has 0 unspecified atom stereocenters. The Morgan fingerprint density at radius 3 is 2.88 bits per heavy atom. The van der Waals surface area contributed by atoms with Crippen molar-refractivity contribution in [3.8, 4) is 5.88 Å². The van der Waals surface area contributed by atoms with Crippen LogP contribution >= 0.6 is 0 Å². The second kappa shape index (κ2) is 3.58. The number of rotatable bonds is 2. The molecule has 2 heterocycles. The van der Waals surface area contributed by atoms with Gasteiger partial charge in [0.15, 0.2) is 11.2 Å². The van der Waals surface area contributed by atoms with Crippen molar-refractivity contribution in [2.24, 2.45) is 5.92 Å². The third kappa shape index (κ3) is 1.51. The summed E-state index contributed by atoms with van der Waals surface area (Å²) < 4.78 is 7.19. The molecule has 0 saturated heterocycles. The van der Waals surface area contributed by atoms with Crippen LogP contribution in [0.1, 0.15) is 18.9 Å². The van der Waals surface area contributed by atoms with Crippen LogP contribution in [-0.2, 0) is 0 Å². The molecule has 2 aromatic heterocycles. The molecule has 6 heteroatoms. The topological polar surface area (TPSA) is 78.8 Å². The first-order chi connectivity index (χ1) is 8.19. The third-order valence-corrected chi connectivity index (χ3v) is 3.20. The minimum absolute atomic E-state index is 0.210. The maximum Gasteiger partial charge on any atom is 0.246 e. The number of aromatic nitrogens is 4. The lowest BCUT2D eigenvalue weighted by atomic mass is 9.82. The van der Waals surface area contributed by atoms with Crippen molar-refractivity contribution < 1.29 is 4.74 Å². The number of imidazole rings is 1. The van der Waals surface area contributed by atoms with E-state index in [1.54, 1.807) is 13.4 Å². The van der Waals surface area contributed by atoms with Gasteiger partial charge in [0.1, 0.15) is 0 Å². The van der Waals surface area contributed by atoms with E-state index in [0.717, 1.165) is 18.5 Å². The Kier molecular flexibility index (Phi) is 2.17. The van der Waals surface area contributed by atoms with E-state index in [1.807, 2.05) is 4.57 Å². The number of nitrogen functional groups attached to an aromatic ring is 1. The van der Waals surface area contributed by atoms with E-state index in [9.17, 15) is 0 Å². The quantitative estimate of drug-likeness (QED) is 0.841. The van der Waals surface area contributed by atoms with E-state index >= 15 is 0 Å². The number of nitrogens with zero attached hydrogens (tertiary/aromatic N) is 4. The van der Waals surface area contributed by atoms with Gasteiger partial charge in [-0.2, -0.15) is 9.97 Å². The fraction of sp³-hybridized carbons (Fsp3) is 0.455. The molecular weight excluding hydrogens is 218 g/mol. The maximum absolute atomic E-state index is 5.66. The molecule has 0 atom stereocenters. The fourth-order valence-corrected chi connectivity index (χ4v) is 2.24. The predicted octanol–water partition coefficient (Wildman–Crippen LogP) is 1.20. The van der Waals surface area contributed by atoms with Crippen LogP contribution in [0.4, 0.5) is 5.95 Å². The average molecular weight is 232 g/mol. The molecule has 1 saturated carbocycles. The Bertz CT molecular complexity index is 558. The lowest BCUT2D eigenvalue weighted by Gasteiger charge is -2.33. The number of ether oxygens (including phenoxy) is 1. The van der Waals surface area contributed by atoms with E-state index in [1.165, 1.54) is 0 Å². The molecule has 2 aromatic rings. The van der Waals surface area contributed by atoms with Crippen LogP contribution in [0.3, 0.4) is 0 Å². The van der Waals surface area contributed by atoms with Gasteiger partial charge in [0.2, 0.25) is 11.8 Å². The molecule has 2 N–H and O–H groups in total. The lowest BCUT2D eigenvalue weighted by Crippen LogP contribution is -2.24. The minimum atomic E-state index is 0.210. The molecule has 17 heavy (non-hydrogen) atoms. The Morgan fingerprint density at radius 1 is 1.47 bits per heavy atom. The number of methoxy groups -OCH3 is 1. The van der Waals surface area contributed by atoms with Gasteiger partial charge in [0.25, 0.3) is 0 Å². The third-order valence-electron chi connectivity index (χ3n) is 3.20. The molecule has 89 valence electrons. The van der Waals surface area contributed by atoms with Crippen molar-refractivity contribution in [1.29, 1.82) is 0 Å². The van der Waals surface area contributed by atoms with Gasteiger partial charge < -0.3 is 15.0 Å². The lowest BCUT2D eigenvalue weighted by molar-refractivity contribution is 0.244. The molecule has 1 radical (unpaired) electrons. The molecule has 6 nitrogen and oxygen atoms in total. The highest BCUT2D eigenvalue weighted by atomic mass is 16.5. The average Bonchev–Trinajstić information content (AvgIpc) is 2.67. The Hall–Kier alpha value is -1.85. The van der Waals surface area contributed by atoms with Gasteiger partial charge in [0.05, 0.1) is 13.4 Å². The van der Waals surface area contributed by atoms with Crippen molar-refractivity contribution in [3.63, 3.8) is 0 Å². The van der Waals surface area contributed by atoms with Crippen LogP contribution in [0.15, 0.2) is 6.33 Å². The smallest absolute Gasteiger partial charge is 0.246 e. The first-order valence-corrected chi connectivity index (χ1v) is 5.56. The van der Waals surface area contributed by atoms with Gasteiger partial charge in [-0.15, -0.1) is 0 Å². The predicted molar refractivity (Wildman–Crippen MR) is 63.4 cm³/mol. The van der Waals surface area contributed by atoms with Crippen molar-refractivity contribution in [3.05, 3.63) is 13.3 Å². The van der Waals surface area contributed by atoms with E-state index in [0.29, 0.717) is 23.4 Å². The van der Waals surface area contributed by atoms with Gasteiger partial charge in [-0.25, -0.2) is 4.98 Å². The number of hydrogen-bond acceptors (Lipinski definition) is 5. The van der Waals surface area contributed by atoms with Crippen LogP contribution < -0.4 is 10.5 Å². The highest BCUT2D eigenvalue weighted by molar-refractivity contribution is 5.77. The zero-order valence-corrected chi connectivity index (χ0v) is 9.63. The van der Waals surface area contributed by atoms with E-state index in [-0.39, 0.29) is 5.95 Å². The number of anilines is 1. The summed E-state index contributed by atoms with van der Waals surface area (Å²) in [5, 5.41) is 0. The van der Waals surface area contributed by atoms with Crippen LogP contribution in [-0.4, -0.2) is 26.6 Å². The number of hydrogen-bond donors (Lipinski definition) is 1. The van der Waals surface area contributed by atoms with E-state index in [4.69, 9.17) is 10.5 Å². The second-order valence-electron chi connectivity index (χ2n) is 4.41. The summed E-state index contributed by atoms with van der Waals surface area (Å²) in [6.07, 6.45) is 3.88. The molecule has 0 aliphatic heterocycles. The van der Waals surface area contributed by atoms with Gasteiger partial charge in [-0.05, 0) is 18.8 Å². The Morgan fingerprint density at radius 2 is 2.24 bits per heavy atom. The first kappa shape index (κ1) is 10.3. The van der Waals surface area contributed by atoms with Crippen molar-refractivity contribution in [1.82, 2.24) is 19.5 Å². The monoisotopic (exact) mass is 232 g/mol. The van der Waals surface area contributed by atoms with Crippen LogP contribution in [0.2, 0.25) is 0 Å². The van der Waals surface area contributed by atoms with E-state index < -0.39 is 0 Å². The summed E-state index contributed by atoms with van der Waals surface area (Å²) in [6.45, 7) is 4.02. The molecule has 0 amide bonds. The molecule has 1 fully saturated rings. The van der Waals surface area contributed by atoms with Crippen LogP contribution in [0.5, 0.6) is 5.88 Å². The van der Waals surface area contributed by atoms with Gasteiger partial charge in [0, 0.05) is 6.04 Å². The summed E-state index contributed by atoms with van der Waals surface area (Å²) in [7, 11) is 1.55. The molecule has 3 rings (SSSR count). The SMILES string of the molecule is [CH2][C@H]1C[C@@H](n2cnc3c(OC)nc(N)nc32)C1. The zero-order chi connectivity index (χ0) is 12.0. The molecule has 0 aromatic carbocycles. The molecule has 0 bridgehead atoms. The highest BCUT2D eigenvalue weighted by Crippen LogP contribution is 2.38. The van der Waals surface area contributed by atoms with Crippen molar-refractivity contribution in [2.75, 3.05) is 12.8 Å². The molecular formula is C11H14N5O. The minimum Gasteiger partial charge on any atom is -0.479 e. The second-order valence-corrected chi connectivity index (χ2v) is 4.41. The summed E-state index contributed by atoms with van der Waals surface area (Å²) in [5.41, 5.74) is 7.06. The summed E-state index contributed by atoms with van der Waals surface area (Å²) in [4.78, 5) is 12.5. The van der Waals surface area contributed by atoms with E-state index in [2.05, 4.69) is 21.9 Å². The number of nitrogens with two attached hydrogens (primary N) is 1. The highest BCUT2D eigenvalue weighted by Gasteiger charge is 2.29. The standard InChI is InChI=1S/C11H14N5O/c1-6-3-7(4-6)16-5-13-8-9(16)14-11(12)15-10(8)17-2/h5-7H,1,3-4H2,2H3,(H2,12,14,15)/t6-,7+. The number of fused-ring (bicyclic) bond motifs is 1. The van der Waals surface area contributed by atoms with Gasteiger partial charge in [-0.3, -0.25) is 0 Å².